The minimum absolute atomic E-state index is 0.211. The lowest BCUT2D eigenvalue weighted by atomic mass is 9.85. The molecule has 1 aromatic heterocycles. The van der Waals surface area contributed by atoms with Crippen LogP contribution in [0.5, 0.6) is 0 Å². The van der Waals surface area contributed by atoms with Gasteiger partial charge in [0.1, 0.15) is 5.76 Å². The van der Waals surface area contributed by atoms with E-state index in [2.05, 4.69) is 26.1 Å². The van der Waals surface area contributed by atoms with Crippen LogP contribution < -0.4 is 5.32 Å². The fourth-order valence-electron chi connectivity index (χ4n) is 2.93. The van der Waals surface area contributed by atoms with Gasteiger partial charge in [0, 0.05) is 5.54 Å². The summed E-state index contributed by atoms with van der Waals surface area (Å²) in [6.45, 7) is 6.82. The molecule has 1 unspecified atom stereocenters. The number of furan rings is 1. The van der Waals surface area contributed by atoms with Crippen molar-refractivity contribution in [1.82, 2.24) is 5.32 Å². The molecule has 16 heavy (non-hydrogen) atoms. The van der Waals surface area contributed by atoms with Crippen LogP contribution in [0.4, 0.5) is 0 Å². The molecule has 2 heteroatoms. The van der Waals surface area contributed by atoms with Gasteiger partial charge >= 0.3 is 0 Å². The van der Waals surface area contributed by atoms with Crippen molar-refractivity contribution in [3.8, 4) is 0 Å². The van der Waals surface area contributed by atoms with Crippen LogP contribution in [-0.4, -0.2) is 5.54 Å². The number of rotatable bonds is 4. The lowest BCUT2D eigenvalue weighted by Gasteiger charge is -2.35. The Hall–Kier alpha value is -0.760. The van der Waals surface area contributed by atoms with E-state index in [9.17, 15) is 0 Å². The third-order valence-electron chi connectivity index (χ3n) is 3.93. The average molecular weight is 221 g/mol. The van der Waals surface area contributed by atoms with Crippen molar-refractivity contribution in [2.24, 2.45) is 5.92 Å². The van der Waals surface area contributed by atoms with Gasteiger partial charge in [0.05, 0.1) is 12.3 Å². The summed E-state index contributed by atoms with van der Waals surface area (Å²) in [5, 5.41) is 3.71. The lowest BCUT2D eigenvalue weighted by Crippen LogP contribution is -2.46. The van der Waals surface area contributed by atoms with Crippen molar-refractivity contribution in [1.29, 1.82) is 0 Å². The number of hydrogen-bond acceptors (Lipinski definition) is 2. The molecule has 1 aromatic rings. The molecule has 0 saturated heterocycles. The number of hydrogen-bond donors (Lipinski definition) is 1. The highest BCUT2D eigenvalue weighted by Crippen LogP contribution is 2.35. The maximum atomic E-state index is 5.44. The molecule has 0 spiro atoms. The Morgan fingerprint density at radius 3 is 2.62 bits per heavy atom. The van der Waals surface area contributed by atoms with E-state index in [1.807, 2.05) is 12.1 Å². The summed E-state index contributed by atoms with van der Waals surface area (Å²) in [4.78, 5) is 0. The molecule has 0 radical (unpaired) electrons. The smallest absolute Gasteiger partial charge is 0.120 e. The quantitative estimate of drug-likeness (QED) is 0.834. The molecule has 1 fully saturated rings. The predicted molar refractivity (Wildman–Crippen MR) is 66.3 cm³/mol. The molecular formula is C14H23NO. The van der Waals surface area contributed by atoms with Gasteiger partial charge in [-0.1, -0.05) is 12.8 Å². The molecule has 0 bridgehead atoms. The highest BCUT2D eigenvalue weighted by molar-refractivity contribution is 5.05. The first-order chi connectivity index (χ1) is 7.59. The second-order valence-corrected chi connectivity index (χ2v) is 5.58. The molecule has 1 aliphatic rings. The summed E-state index contributed by atoms with van der Waals surface area (Å²) in [7, 11) is 0. The maximum absolute atomic E-state index is 5.44. The van der Waals surface area contributed by atoms with Crippen LogP contribution in [0.1, 0.15) is 58.3 Å². The first-order valence-electron chi connectivity index (χ1n) is 6.41. The zero-order valence-electron chi connectivity index (χ0n) is 10.6. The van der Waals surface area contributed by atoms with Gasteiger partial charge < -0.3 is 9.73 Å². The molecule has 90 valence electrons. The van der Waals surface area contributed by atoms with Gasteiger partial charge in [0.15, 0.2) is 0 Å². The Kier molecular flexibility index (Phi) is 3.38. The summed E-state index contributed by atoms with van der Waals surface area (Å²) in [5.41, 5.74) is 0.211. The Morgan fingerprint density at radius 2 is 2.06 bits per heavy atom. The summed E-state index contributed by atoms with van der Waals surface area (Å²) in [6, 6.07) is 4.30. The van der Waals surface area contributed by atoms with Crippen molar-refractivity contribution in [3.63, 3.8) is 0 Å². The van der Waals surface area contributed by atoms with Crippen LogP contribution in [0, 0.1) is 5.92 Å². The SMILES string of the molecule is CC(NC(C)(C)C1CCCC1)c1ccco1. The molecule has 1 heterocycles. The van der Waals surface area contributed by atoms with Crippen LogP contribution in [-0.2, 0) is 0 Å². The molecule has 0 amide bonds. The topological polar surface area (TPSA) is 25.2 Å². The molecule has 2 rings (SSSR count). The molecule has 0 aliphatic heterocycles. The molecule has 0 aromatic carbocycles. The molecule has 1 aliphatic carbocycles. The van der Waals surface area contributed by atoms with E-state index in [0.29, 0.717) is 6.04 Å². The third kappa shape index (κ3) is 2.49. The van der Waals surface area contributed by atoms with Gasteiger partial charge in [0.2, 0.25) is 0 Å². The van der Waals surface area contributed by atoms with Crippen molar-refractivity contribution in [3.05, 3.63) is 24.2 Å². The zero-order chi connectivity index (χ0) is 11.6. The van der Waals surface area contributed by atoms with E-state index in [-0.39, 0.29) is 5.54 Å². The van der Waals surface area contributed by atoms with Gasteiger partial charge in [0.25, 0.3) is 0 Å². The lowest BCUT2D eigenvalue weighted by molar-refractivity contribution is 0.223. The number of nitrogens with one attached hydrogen (secondary N) is 1. The predicted octanol–water partition coefficient (Wildman–Crippen LogP) is 3.90. The van der Waals surface area contributed by atoms with E-state index >= 15 is 0 Å². The summed E-state index contributed by atoms with van der Waals surface area (Å²) in [5.74, 6) is 1.84. The Balaban J connectivity index is 1.97. The van der Waals surface area contributed by atoms with E-state index in [0.717, 1.165) is 11.7 Å². The Labute approximate surface area is 98.4 Å². The fourth-order valence-corrected chi connectivity index (χ4v) is 2.93. The summed E-state index contributed by atoms with van der Waals surface area (Å²) < 4.78 is 5.44. The van der Waals surface area contributed by atoms with Gasteiger partial charge in [-0.25, -0.2) is 0 Å². The van der Waals surface area contributed by atoms with Crippen molar-refractivity contribution >= 4 is 0 Å². The second-order valence-electron chi connectivity index (χ2n) is 5.58. The zero-order valence-corrected chi connectivity index (χ0v) is 10.6. The van der Waals surface area contributed by atoms with Crippen molar-refractivity contribution in [2.45, 2.75) is 58.0 Å². The highest BCUT2D eigenvalue weighted by Gasteiger charge is 2.33. The molecule has 2 nitrogen and oxygen atoms in total. The van der Waals surface area contributed by atoms with E-state index in [1.54, 1.807) is 6.26 Å². The van der Waals surface area contributed by atoms with Crippen LogP contribution in [0.3, 0.4) is 0 Å². The first kappa shape index (κ1) is 11.7. The van der Waals surface area contributed by atoms with Crippen LogP contribution in [0.15, 0.2) is 22.8 Å². The molecule has 1 saturated carbocycles. The molecular weight excluding hydrogens is 198 g/mol. The summed E-state index contributed by atoms with van der Waals surface area (Å²) >= 11 is 0. The second kappa shape index (κ2) is 4.62. The Bertz CT molecular complexity index is 309. The van der Waals surface area contributed by atoms with Gasteiger partial charge in [-0.2, -0.15) is 0 Å². The van der Waals surface area contributed by atoms with Gasteiger partial charge in [-0.3, -0.25) is 0 Å². The van der Waals surface area contributed by atoms with Crippen molar-refractivity contribution < 1.29 is 4.42 Å². The normalized spacial score (nSPS) is 20.2. The summed E-state index contributed by atoms with van der Waals surface area (Å²) in [6.07, 6.45) is 7.27. The van der Waals surface area contributed by atoms with Crippen LogP contribution in [0.2, 0.25) is 0 Å². The largest absolute Gasteiger partial charge is 0.468 e. The van der Waals surface area contributed by atoms with E-state index in [4.69, 9.17) is 4.42 Å². The van der Waals surface area contributed by atoms with E-state index < -0.39 is 0 Å². The molecule has 1 atom stereocenters. The minimum atomic E-state index is 0.211. The van der Waals surface area contributed by atoms with E-state index in [1.165, 1.54) is 25.7 Å². The van der Waals surface area contributed by atoms with Gasteiger partial charge in [-0.15, -0.1) is 0 Å². The third-order valence-corrected chi connectivity index (χ3v) is 3.93. The fraction of sp³-hybridized carbons (Fsp3) is 0.714. The van der Waals surface area contributed by atoms with Gasteiger partial charge in [-0.05, 0) is 51.7 Å². The maximum Gasteiger partial charge on any atom is 0.120 e. The monoisotopic (exact) mass is 221 g/mol. The Morgan fingerprint density at radius 1 is 1.38 bits per heavy atom. The highest BCUT2D eigenvalue weighted by atomic mass is 16.3. The minimum Gasteiger partial charge on any atom is -0.468 e. The average Bonchev–Trinajstić information content (AvgIpc) is 2.91. The van der Waals surface area contributed by atoms with Crippen LogP contribution in [0.25, 0.3) is 0 Å². The van der Waals surface area contributed by atoms with Crippen LogP contribution >= 0.6 is 0 Å². The standard InChI is InChI=1S/C14H23NO/c1-11(13-9-6-10-16-13)15-14(2,3)12-7-4-5-8-12/h6,9-12,15H,4-5,7-8H2,1-3H3. The first-order valence-corrected chi connectivity index (χ1v) is 6.41. The van der Waals surface area contributed by atoms with Crippen molar-refractivity contribution in [2.75, 3.05) is 0 Å². The molecule has 1 N–H and O–H groups in total.